The first kappa shape index (κ1) is 18.1. The van der Waals surface area contributed by atoms with Crippen LogP contribution in [0.25, 0.3) is 21.8 Å². The number of hydrogen-bond donors (Lipinski definition) is 3. The fourth-order valence-electron chi connectivity index (χ4n) is 3.58. The van der Waals surface area contributed by atoms with Crippen molar-refractivity contribution in [1.82, 2.24) is 14.5 Å². The lowest BCUT2D eigenvalue weighted by Gasteiger charge is -2.10. The fourth-order valence-corrected chi connectivity index (χ4v) is 4.86. The molecular formula is C19H18N4O4S. The topological polar surface area (TPSA) is 117 Å². The van der Waals surface area contributed by atoms with E-state index in [0.717, 1.165) is 28.4 Å². The van der Waals surface area contributed by atoms with Crippen molar-refractivity contribution in [1.29, 1.82) is 0 Å². The number of fused-ring (bicyclic) bond motifs is 3. The summed E-state index contributed by atoms with van der Waals surface area (Å²) in [6, 6.07) is 13.1. The molecule has 2 aromatic carbocycles. The highest BCUT2D eigenvalue weighted by Crippen LogP contribution is 2.31. The molecule has 0 aliphatic rings. The molecule has 3 N–H and O–H groups in total. The minimum atomic E-state index is -4.18. The number of nitrogens with one attached hydrogen (secondary N) is 3. The van der Waals surface area contributed by atoms with Crippen molar-refractivity contribution < 1.29 is 8.42 Å². The van der Waals surface area contributed by atoms with E-state index in [1.165, 1.54) is 6.92 Å². The third kappa shape index (κ3) is 2.80. The molecule has 0 saturated carbocycles. The molecule has 0 bridgehead atoms. The first-order valence-electron chi connectivity index (χ1n) is 8.69. The number of nitrogens with zero attached hydrogens (tertiary/aromatic N) is 1. The Hall–Kier alpha value is -3.33. The molecule has 4 rings (SSSR count). The number of anilines is 1. The fraction of sp³-hybridized carbons (Fsp3) is 0.158. The van der Waals surface area contributed by atoms with E-state index in [1.54, 1.807) is 12.1 Å². The SMILES string of the molecule is CCn1c2ccccc2c2cc(NS(=O)(=O)c3c(C)[nH]c(=O)[nH]c3=O)ccc21. The van der Waals surface area contributed by atoms with Crippen molar-refractivity contribution in [2.24, 2.45) is 0 Å². The van der Waals surface area contributed by atoms with Crippen LogP contribution in [0.5, 0.6) is 0 Å². The van der Waals surface area contributed by atoms with Crippen LogP contribution in [0.3, 0.4) is 0 Å². The van der Waals surface area contributed by atoms with Gasteiger partial charge in [-0.3, -0.25) is 14.5 Å². The zero-order valence-electron chi connectivity index (χ0n) is 15.2. The highest BCUT2D eigenvalue weighted by molar-refractivity contribution is 7.92. The van der Waals surface area contributed by atoms with E-state index in [0.29, 0.717) is 5.69 Å². The highest BCUT2D eigenvalue weighted by Gasteiger charge is 2.23. The van der Waals surface area contributed by atoms with Crippen LogP contribution < -0.4 is 16.0 Å². The molecule has 9 heteroatoms. The molecule has 0 radical (unpaired) electrons. The smallest absolute Gasteiger partial charge is 0.325 e. The van der Waals surface area contributed by atoms with Crippen LogP contribution in [-0.2, 0) is 16.6 Å². The number of aromatic nitrogens is 3. The quantitative estimate of drug-likeness (QED) is 0.489. The lowest BCUT2D eigenvalue weighted by Crippen LogP contribution is -2.31. The van der Waals surface area contributed by atoms with Gasteiger partial charge in [0.1, 0.15) is 0 Å². The molecule has 0 aliphatic carbocycles. The van der Waals surface area contributed by atoms with E-state index in [-0.39, 0.29) is 5.69 Å². The van der Waals surface area contributed by atoms with Crippen LogP contribution in [0.1, 0.15) is 12.6 Å². The van der Waals surface area contributed by atoms with E-state index < -0.39 is 26.2 Å². The highest BCUT2D eigenvalue weighted by atomic mass is 32.2. The van der Waals surface area contributed by atoms with Crippen LogP contribution in [0.2, 0.25) is 0 Å². The lowest BCUT2D eigenvalue weighted by molar-refractivity contribution is 0.598. The van der Waals surface area contributed by atoms with Gasteiger partial charge in [-0.05, 0) is 38.1 Å². The minimum Gasteiger partial charge on any atom is -0.341 e. The van der Waals surface area contributed by atoms with Gasteiger partial charge in [0.25, 0.3) is 15.6 Å². The monoisotopic (exact) mass is 398 g/mol. The summed E-state index contributed by atoms with van der Waals surface area (Å²) in [5.74, 6) is 0. The van der Waals surface area contributed by atoms with Crippen molar-refractivity contribution in [2.45, 2.75) is 25.3 Å². The maximum atomic E-state index is 12.8. The molecule has 0 spiro atoms. The van der Waals surface area contributed by atoms with Gasteiger partial charge in [0.2, 0.25) is 0 Å². The van der Waals surface area contributed by atoms with Crippen LogP contribution in [0.15, 0.2) is 56.9 Å². The average Bonchev–Trinajstić information content (AvgIpc) is 2.93. The Balaban J connectivity index is 1.86. The second kappa shape index (κ2) is 6.38. The van der Waals surface area contributed by atoms with Crippen molar-refractivity contribution >= 4 is 37.5 Å². The molecular weight excluding hydrogens is 380 g/mol. The number of sulfonamides is 1. The van der Waals surface area contributed by atoms with Gasteiger partial charge in [0.15, 0.2) is 4.90 Å². The Morgan fingerprint density at radius 1 is 1.00 bits per heavy atom. The van der Waals surface area contributed by atoms with Crippen molar-refractivity contribution in [3.05, 3.63) is 69.0 Å². The van der Waals surface area contributed by atoms with Crippen LogP contribution in [0, 0.1) is 6.92 Å². The van der Waals surface area contributed by atoms with Crippen LogP contribution in [0.4, 0.5) is 5.69 Å². The number of hydrogen-bond acceptors (Lipinski definition) is 4. The number of rotatable bonds is 4. The number of para-hydroxylation sites is 1. The second-order valence-corrected chi connectivity index (χ2v) is 8.08. The summed E-state index contributed by atoms with van der Waals surface area (Å²) in [5.41, 5.74) is 0.645. The maximum absolute atomic E-state index is 12.8. The Morgan fingerprint density at radius 2 is 1.71 bits per heavy atom. The van der Waals surface area contributed by atoms with Crippen molar-refractivity contribution in [2.75, 3.05) is 4.72 Å². The largest absolute Gasteiger partial charge is 0.341 e. The van der Waals surface area contributed by atoms with E-state index in [4.69, 9.17) is 0 Å². The van der Waals surface area contributed by atoms with E-state index in [1.807, 2.05) is 42.2 Å². The second-order valence-electron chi connectivity index (χ2n) is 6.46. The molecule has 2 aromatic heterocycles. The summed E-state index contributed by atoms with van der Waals surface area (Å²) < 4.78 is 30.1. The summed E-state index contributed by atoms with van der Waals surface area (Å²) in [6.45, 7) is 4.19. The first-order valence-corrected chi connectivity index (χ1v) is 10.2. The number of benzene rings is 2. The molecule has 0 atom stereocenters. The Labute approximate surface area is 159 Å². The Kier molecular flexibility index (Phi) is 4.11. The van der Waals surface area contributed by atoms with Crippen LogP contribution >= 0.6 is 0 Å². The van der Waals surface area contributed by atoms with Gasteiger partial charge in [-0.15, -0.1) is 0 Å². The van der Waals surface area contributed by atoms with Crippen LogP contribution in [-0.4, -0.2) is 23.0 Å². The molecule has 0 amide bonds. The van der Waals surface area contributed by atoms with Gasteiger partial charge in [0.05, 0.1) is 0 Å². The third-order valence-corrected chi connectivity index (χ3v) is 6.22. The molecule has 8 nitrogen and oxygen atoms in total. The molecule has 4 aromatic rings. The lowest BCUT2D eigenvalue weighted by atomic mass is 10.1. The molecule has 2 heterocycles. The Bertz CT molecular complexity index is 1440. The van der Waals surface area contributed by atoms with E-state index in [9.17, 15) is 18.0 Å². The van der Waals surface area contributed by atoms with Gasteiger partial charge in [0, 0.05) is 39.7 Å². The summed E-state index contributed by atoms with van der Waals surface area (Å²) in [4.78, 5) is 27.1. The zero-order valence-corrected chi connectivity index (χ0v) is 16.1. The van der Waals surface area contributed by atoms with Gasteiger partial charge in [-0.1, -0.05) is 18.2 Å². The van der Waals surface area contributed by atoms with Crippen molar-refractivity contribution in [3.8, 4) is 0 Å². The predicted octanol–water partition coefficient (Wildman–Crippen LogP) is 2.30. The number of aryl methyl sites for hydroxylation is 2. The molecule has 0 saturated heterocycles. The van der Waals surface area contributed by atoms with Gasteiger partial charge in [-0.2, -0.15) is 0 Å². The van der Waals surface area contributed by atoms with E-state index >= 15 is 0 Å². The molecule has 0 unspecified atom stereocenters. The molecule has 28 heavy (non-hydrogen) atoms. The molecule has 0 fully saturated rings. The molecule has 0 aliphatic heterocycles. The minimum absolute atomic E-state index is 0.0232. The third-order valence-electron chi connectivity index (χ3n) is 4.68. The summed E-state index contributed by atoms with van der Waals surface area (Å²) >= 11 is 0. The first-order chi connectivity index (χ1) is 13.3. The summed E-state index contributed by atoms with van der Waals surface area (Å²) in [7, 11) is -4.18. The Morgan fingerprint density at radius 3 is 2.43 bits per heavy atom. The van der Waals surface area contributed by atoms with Gasteiger partial charge < -0.3 is 9.55 Å². The zero-order chi connectivity index (χ0) is 20.1. The maximum Gasteiger partial charge on any atom is 0.325 e. The number of aromatic amines is 2. The summed E-state index contributed by atoms with van der Waals surface area (Å²) in [5, 5.41) is 1.92. The number of H-pyrrole nitrogens is 2. The normalized spacial score (nSPS) is 11.9. The van der Waals surface area contributed by atoms with Gasteiger partial charge >= 0.3 is 5.69 Å². The summed E-state index contributed by atoms with van der Waals surface area (Å²) in [6.07, 6.45) is 0. The molecule has 144 valence electrons. The average molecular weight is 398 g/mol. The predicted molar refractivity (Wildman–Crippen MR) is 108 cm³/mol. The van der Waals surface area contributed by atoms with E-state index in [2.05, 4.69) is 14.3 Å². The van der Waals surface area contributed by atoms with Crippen molar-refractivity contribution in [3.63, 3.8) is 0 Å². The van der Waals surface area contributed by atoms with Gasteiger partial charge in [-0.25, -0.2) is 13.2 Å². The standard InChI is InChI=1S/C19H18N4O4S/c1-3-23-15-7-5-4-6-13(15)14-10-12(8-9-16(14)23)22-28(26,27)17-11(2)20-19(25)21-18(17)24/h4-10,22H,3H2,1-2H3,(H2,20,21,24,25).